The normalized spacial score (nSPS) is 18.1. The van der Waals surface area contributed by atoms with E-state index in [-0.39, 0.29) is 17.8 Å². The number of ether oxygens (including phenoxy) is 1. The van der Waals surface area contributed by atoms with Gasteiger partial charge in [0.1, 0.15) is 23.2 Å². The summed E-state index contributed by atoms with van der Waals surface area (Å²) in [7, 11) is 0. The zero-order valence-electron chi connectivity index (χ0n) is 17.9. The summed E-state index contributed by atoms with van der Waals surface area (Å²) in [6.45, 7) is 1.86. The first-order valence-electron chi connectivity index (χ1n) is 10.7. The van der Waals surface area contributed by atoms with Crippen molar-refractivity contribution in [1.82, 2.24) is 24.8 Å². The molecule has 0 unspecified atom stereocenters. The number of fused-ring (bicyclic) bond motifs is 1. The summed E-state index contributed by atoms with van der Waals surface area (Å²) < 4.78 is 41.8. The number of hydrogen-bond acceptors (Lipinski definition) is 8. The standard InChI is InChI=1S/C22H20F3N7O2/c23-22(24,25)34-16-5-7-27-17(10-16)28-18-11-19(30-21(29-18)14-2-1-6-26-12-14)31-8-9-32-15(13-31)3-4-20(32)33/h1-2,5-7,10-12,15H,3-4,8-9,13H2,(H,27,28,29,30)/t15-/m1/s1. The van der Waals surface area contributed by atoms with Crippen molar-refractivity contribution < 1.29 is 22.7 Å². The summed E-state index contributed by atoms with van der Waals surface area (Å²) in [5.74, 6) is 1.31. The van der Waals surface area contributed by atoms with Crippen molar-refractivity contribution in [3.8, 4) is 17.1 Å². The van der Waals surface area contributed by atoms with Gasteiger partial charge in [0.15, 0.2) is 5.82 Å². The second-order valence-corrected chi connectivity index (χ2v) is 7.95. The van der Waals surface area contributed by atoms with Crippen molar-refractivity contribution in [2.75, 3.05) is 29.9 Å². The van der Waals surface area contributed by atoms with E-state index in [2.05, 4.69) is 29.9 Å². The molecule has 0 saturated carbocycles. The molecule has 0 aromatic carbocycles. The van der Waals surface area contributed by atoms with Gasteiger partial charge in [-0.05, 0) is 24.6 Å². The Bertz CT molecular complexity index is 1190. The minimum Gasteiger partial charge on any atom is -0.406 e. The molecule has 1 amide bonds. The molecular formula is C22H20F3N7O2. The van der Waals surface area contributed by atoms with Gasteiger partial charge in [0.2, 0.25) is 5.91 Å². The van der Waals surface area contributed by atoms with Gasteiger partial charge in [0.25, 0.3) is 0 Å². The Labute approximate surface area is 192 Å². The highest BCUT2D eigenvalue weighted by Crippen LogP contribution is 2.30. The van der Waals surface area contributed by atoms with Crippen LogP contribution in [0.3, 0.4) is 0 Å². The van der Waals surface area contributed by atoms with Gasteiger partial charge in [0, 0.05) is 68.4 Å². The fraction of sp³-hybridized carbons (Fsp3) is 0.318. The van der Waals surface area contributed by atoms with Crippen LogP contribution in [-0.2, 0) is 4.79 Å². The van der Waals surface area contributed by atoms with Gasteiger partial charge >= 0.3 is 6.36 Å². The van der Waals surface area contributed by atoms with Crippen LogP contribution in [0.5, 0.6) is 5.75 Å². The first-order valence-corrected chi connectivity index (χ1v) is 10.7. The van der Waals surface area contributed by atoms with Crippen molar-refractivity contribution in [2.24, 2.45) is 0 Å². The second kappa shape index (κ2) is 8.76. The lowest BCUT2D eigenvalue weighted by Crippen LogP contribution is -2.51. The van der Waals surface area contributed by atoms with E-state index in [0.717, 1.165) is 18.6 Å². The quantitative estimate of drug-likeness (QED) is 0.605. The van der Waals surface area contributed by atoms with Gasteiger partial charge in [-0.2, -0.15) is 0 Å². The predicted octanol–water partition coefficient (Wildman–Crippen LogP) is 3.39. The van der Waals surface area contributed by atoms with E-state index in [1.54, 1.807) is 24.5 Å². The third-order valence-corrected chi connectivity index (χ3v) is 5.67. The topological polar surface area (TPSA) is 96.4 Å². The molecule has 5 rings (SSSR count). The summed E-state index contributed by atoms with van der Waals surface area (Å²) in [4.78, 5) is 33.5. The number of halogens is 3. The SMILES string of the molecule is O=C1CC[C@@H]2CN(c3cc(Nc4cc(OC(F)(F)F)ccn4)nc(-c4cccnc4)n3)CCN12. The molecule has 2 saturated heterocycles. The lowest BCUT2D eigenvalue weighted by molar-refractivity contribution is -0.274. The fourth-order valence-electron chi connectivity index (χ4n) is 4.16. The lowest BCUT2D eigenvalue weighted by atomic mass is 10.1. The Hall–Kier alpha value is -3.96. The number of pyridine rings is 2. The Balaban J connectivity index is 1.45. The highest BCUT2D eigenvalue weighted by Gasteiger charge is 2.36. The molecule has 34 heavy (non-hydrogen) atoms. The van der Waals surface area contributed by atoms with E-state index in [1.165, 1.54) is 6.20 Å². The maximum Gasteiger partial charge on any atom is 0.573 e. The van der Waals surface area contributed by atoms with Gasteiger partial charge < -0.3 is 19.9 Å². The Morgan fingerprint density at radius 2 is 1.97 bits per heavy atom. The number of rotatable bonds is 5. The van der Waals surface area contributed by atoms with E-state index >= 15 is 0 Å². The molecule has 0 radical (unpaired) electrons. The number of nitrogens with zero attached hydrogens (tertiary/aromatic N) is 6. The van der Waals surface area contributed by atoms with E-state index < -0.39 is 12.1 Å². The van der Waals surface area contributed by atoms with Crippen molar-refractivity contribution in [2.45, 2.75) is 25.2 Å². The summed E-state index contributed by atoms with van der Waals surface area (Å²) in [6, 6.07) is 7.69. The Morgan fingerprint density at radius 1 is 1.09 bits per heavy atom. The van der Waals surface area contributed by atoms with Crippen molar-refractivity contribution in [1.29, 1.82) is 0 Å². The van der Waals surface area contributed by atoms with E-state index in [0.29, 0.717) is 49.1 Å². The lowest BCUT2D eigenvalue weighted by Gasteiger charge is -2.38. The molecule has 2 aliphatic heterocycles. The number of carbonyl (C=O) groups excluding carboxylic acids is 1. The highest BCUT2D eigenvalue weighted by molar-refractivity contribution is 5.79. The van der Waals surface area contributed by atoms with Gasteiger partial charge in [-0.25, -0.2) is 15.0 Å². The number of nitrogens with one attached hydrogen (secondary N) is 1. The molecule has 0 bridgehead atoms. The van der Waals surface area contributed by atoms with Crippen LogP contribution in [0.25, 0.3) is 11.4 Å². The molecule has 176 valence electrons. The monoisotopic (exact) mass is 471 g/mol. The molecule has 3 aromatic rings. The zero-order chi connectivity index (χ0) is 23.7. The van der Waals surface area contributed by atoms with Gasteiger partial charge in [-0.15, -0.1) is 13.2 Å². The zero-order valence-corrected chi connectivity index (χ0v) is 17.9. The van der Waals surface area contributed by atoms with Crippen LogP contribution in [0.2, 0.25) is 0 Å². The third kappa shape index (κ3) is 4.85. The second-order valence-electron chi connectivity index (χ2n) is 7.95. The summed E-state index contributed by atoms with van der Waals surface area (Å²) in [5.41, 5.74) is 0.684. The fourth-order valence-corrected chi connectivity index (χ4v) is 4.16. The van der Waals surface area contributed by atoms with Gasteiger partial charge in [-0.1, -0.05) is 0 Å². The van der Waals surface area contributed by atoms with Gasteiger partial charge in [0.05, 0.1) is 0 Å². The molecule has 12 heteroatoms. The van der Waals surface area contributed by atoms with Crippen molar-refractivity contribution in [3.05, 3.63) is 48.9 Å². The average molecular weight is 471 g/mol. The average Bonchev–Trinajstić information content (AvgIpc) is 3.18. The number of piperazine rings is 1. The largest absolute Gasteiger partial charge is 0.573 e. The predicted molar refractivity (Wildman–Crippen MR) is 116 cm³/mol. The summed E-state index contributed by atoms with van der Waals surface area (Å²) in [5, 5.41) is 2.95. The van der Waals surface area contributed by atoms with Crippen LogP contribution in [0.1, 0.15) is 12.8 Å². The molecule has 2 fully saturated rings. The summed E-state index contributed by atoms with van der Waals surface area (Å²) >= 11 is 0. The molecular weight excluding hydrogens is 451 g/mol. The molecule has 0 aliphatic carbocycles. The first-order chi connectivity index (χ1) is 16.3. The van der Waals surface area contributed by atoms with E-state index in [9.17, 15) is 18.0 Å². The molecule has 1 atom stereocenters. The Morgan fingerprint density at radius 3 is 2.76 bits per heavy atom. The number of amides is 1. The maximum absolute atomic E-state index is 12.6. The minimum atomic E-state index is -4.81. The maximum atomic E-state index is 12.6. The molecule has 9 nitrogen and oxygen atoms in total. The van der Waals surface area contributed by atoms with Crippen LogP contribution in [-0.4, -0.2) is 62.8 Å². The van der Waals surface area contributed by atoms with Crippen LogP contribution in [0.15, 0.2) is 48.9 Å². The smallest absolute Gasteiger partial charge is 0.406 e. The molecule has 1 N–H and O–H groups in total. The molecule has 5 heterocycles. The number of carbonyl (C=O) groups is 1. The number of anilines is 3. The molecule has 0 spiro atoms. The van der Waals surface area contributed by atoms with Gasteiger partial charge in [-0.3, -0.25) is 9.78 Å². The van der Waals surface area contributed by atoms with Crippen LogP contribution < -0.4 is 15.0 Å². The first kappa shape index (κ1) is 21.9. The number of aromatic nitrogens is 4. The summed E-state index contributed by atoms with van der Waals surface area (Å²) in [6.07, 6.45) is 1.03. The molecule has 3 aromatic heterocycles. The van der Waals surface area contributed by atoms with Crippen molar-refractivity contribution in [3.63, 3.8) is 0 Å². The number of alkyl halides is 3. The van der Waals surface area contributed by atoms with Crippen LogP contribution >= 0.6 is 0 Å². The third-order valence-electron chi connectivity index (χ3n) is 5.67. The van der Waals surface area contributed by atoms with Crippen LogP contribution in [0.4, 0.5) is 30.6 Å². The molecule has 2 aliphatic rings. The van der Waals surface area contributed by atoms with Crippen molar-refractivity contribution >= 4 is 23.4 Å². The minimum absolute atomic E-state index is 0.132. The van der Waals surface area contributed by atoms with E-state index in [1.807, 2.05) is 11.0 Å². The number of hydrogen-bond donors (Lipinski definition) is 1. The van der Waals surface area contributed by atoms with Crippen LogP contribution in [0, 0.1) is 0 Å². The van der Waals surface area contributed by atoms with E-state index in [4.69, 9.17) is 4.98 Å². The Kier molecular flexibility index (Phi) is 5.64. The highest BCUT2D eigenvalue weighted by atomic mass is 19.4.